The van der Waals surface area contributed by atoms with Crippen molar-refractivity contribution in [1.82, 2.24) is 29.9 Å². The van der Waals surface area contributed by atoms with Crippen LogP contribution in [0, 0.1) is 12.7 Å². The molecule has 1 aliphatic heterocycles. The molecule has 1 amide bonds. The van der Waals surface area contributed by atoms with Crippen molar-refractivity contribution in [2.75, 3.05) is 18.4 Å². The fraction of sp³-hybridized carbons (Fsp3) is 0.316. The van der Waals surface area contributed by atoms with Crippen LogP contribution in [0.4, 0.5) is 19.1 Å². The van der Waals surface area contributed by atoms with Gasteiger partial charge < -0.3 is 10.2 Å². The van der Waals surface area contributed by atoms with Crippen LogP contribution in [0.1, 0.15) is 22.3 Å². The minimum atomic E-state index is -3.15. The van der Waals surface area contributed by atoms with Gasteiger partial charge in [0.05, 0.1) is 35.4 Å². The first kappa shape index (κ1) is 21.0. The summed E-state index contributed by atoms with van der Waals surface area (Å²) in [5.74, 6) is -4.49. The number of alkyl halides is 2. The monoisotopic (exact) mass is 451 g/mol. The zero-order valence-electron chi connectivity index (χ0n) is 16.3. The first-order valence-electron chi connectivity index (χ1n) is 9.34. The number of likely N-dealkylation sites (tertiary alicyclic amines) is 1. The van der Waals surface area contributed by atoms with E-state index < -0.39 is 30.1 Å². The molecular weight excluding hydrogens is 435 g/mol. The predicted octanol–water partition coefficient (Wildman–Crippen LogP) is 3.12. The molecule has 3 heterocycles. The second-order valence-electron chi connectivity index (χ2n) is 7.04. The Labute approximate surface area is 180 Å². The molecule has 8 nitrogen and oxygen atoms in total. The number of rotatable bonds is 5. The Hall–Kier alpha value is -3.21. The van der Waals surface area contributed by atoms with Gasteiger partial charge in [-0.3, -0.25) is 4.79 Å². The second-order valence-corrected chi connectivity index (χ2v) is 7.48. The number of amides is 1. The van der Waals surface area contributed by atoms with Crippen LogP contribution in [-0.2, 0) is 0 Å². The van der Waals surface area contributed by atoms with Gasteiger partial charge in [-0.1, -0.05) is 17.7 Å². The molecule has 4 rings (SSSR count). The van der Waals surface area contributed by atoms with Crippen LogP contribution in [0.25, 0.3) is 5.69 Å². The number of aryl methyl sites for hydroxylation is 1. The van der Waals surface area contributed by atoms with Crippen LogP contribution in [0.3, 0.4) is 0 Å². The number of hydrogen-bond donors (Lipinski definition) is 1. The summed E-state index contributed by atoms with van der Waals surface area (Å²) in [6, 6.07) is 1.32. The largest absolute Gasteiger partial charge is 0.352 e. The highest BCUT2D eigenvalue weighted by Gasteiger charge is 2.51. The standard InChI is InChI=1S/C19H17ClF3N7O/c1-11-2-3-13(16(15(11)21)30-27-5-6-28-30)17(31)29-7-4-19(22,23)14(29)10-26-18-24-8-12(20)9-25-18/h2-3,5-6,8-9,14H,4,7,10H2,1H3,(H,24,25,26)/t14-/m1/s1. The summed E-state index contributed by atoms with van der Waals surface area (Å²) in [6.45, 7) is 1.03. The van der Waals surface area contributed by atoms with E-state index in [9.17, 15) is 18.0 Å². The first-order chi connectivity index (χ1) is 14.8. The number of nitrogens with one attached hydrogen (secondary N) is 1. The van der Waals surface area contributed by atoms with Crippen LogP contribution in [0.2, 0.25) is 5.02 Å². The molecule has 1 aliphatic rings. The maximum atomic E-state index is 14.9. The van der Waals surface area contributed by atoms with Gasteiger partial charge in [0, 0.05) is 19.5 Å². The third-order valence-corrected chi connectivity index (χ3v) is 5.24. The quantitative estimate of drug-likeness (QED) is 0.641. The van der Waals surface area contributed by atoms with Crippen LogP contribution in [-0.4, -0.2) is 60.8 Å². The molecule has 0 aliphatic carbocycles. The van der Waals surface area contributed by atoms with Crippen molar-refractivity contribution in [3.63, 3.8) is 0 Å². The SMILES string of the molecule is Cc1ccc(C(=O)N2CCC(F)(F)[C@H]2CNc2ncc(Cl)cn2)c(-n2nccn2)c1F. The number of carbonyl (C=O) groups is 1. The van der Waals surface area contributed by atoms with Crippen molar-refractivity contribution in [2.45, 2.75) is 25.3 Å². The van der Waals surface area contributed by atoms with E-state index >= 15 is 0 Å². The lowest BCUT2D eigenvalue weighted by Crippen LogP contribution is -2.47. The Morgan fingerprint density at radius 3 is 2.61 bits per heavy atom. The normalized spacial score (nSPS) is 17.7. The lowest BCUT2D eigenvalue weighted by molar-refractivity contribution is -0.0249. The Balaban J connectivity index is 1.64. The van der Waals surface area contributed by atoms with E-state index in [1.165, 1.54) is 43.8 Å². The summed E-state index contributed by atoms with van der Waals surface area (Å²) in [6.07, 6.45) is 4.80. The number of carbonyl (C=O) groups excluding carboxylic acids is 1. The number of hydrogen-bond acceptors (Lipinski definition) is 6. The zero-order chi connectivity index (χ0) is 22.2. The van der Waals surface area contributed by atoms with Gasteiger partial charge in [0.2, 0.25) is 5.95 Å². The number of aromatic nitrogens is 5. The smallest absolute Gasteiger partial charge is 0.271 e. The number of benzene rings is 1. The summed E-state index contributed by atoms with van der Waals surface area (Å²) in [4.78, 5) is 23.1. The van der Waals surface area contributed by atoms with E-state index in [1.54, 1.807) is 0 Å². The molecule has 0 saturated carbocycles. The van der Waals surface area contributed by atoms with Crippen molar-refractivity contribution in [1.29, 1.82) is 0 Å². The number of nitrogens with zero attached hydrogens (tertiary/aromatic N) is 6. The Kier molecular flexibility index (Phi) is 5.52. The van der Waals surface area contributed by atoms with E-state index in [0.717, 1.165) is 9.70 Å². The maximum Gasteiger partial charge on any atom is 0.271 e. The van der Waals surface area contributed by atoms with Crippen LogP contribution in [0.15, 0.2) is 36.9 Å². The summed E-state index contributed by atoms with van der Waals surface area (Å²) >= 11 is 5.73. The predicted molar refractivity (Wildman–Crippen MR) is 106 cm³/mol. The number of anilines is 1. The van der Waals surface area contributed by atoms with Gasteiger partial charge in [-0.15, -0.1) is 4.80 Å². The molecule has 1 aromatic carbocycles. The third-order valence-electron chi connectivity index (χ3n) is 5.04. The van der Waals surface area contributed by atoms with E-state index in [1.807, 2.05) is 0 Å². The highest BCUT2D eigenvalue weighted by Crippen LogP contribution is 2.36. The molecule has 0 bridgehead atoms. The van der Waals surface area contributed by atoms with Crippen molar-refractivity contribution < 1.29 is 18.0 Å². The lowest BCUT2D eigenvalue weighted by Gasteiger charge is -2.28. The van der Waals surface area contributed by atoms with Crippen molar-refractivity contribution in [3.05, 3.63) is 58.9 Å². The van der Waals surface area contributed by atoms with Gasteiger partial charge in [0.1, 0.15) is 11.7 Å². The highest BCUT2D eigenvalue weighted by molar-refractivity contribution is 6.30. The fourth-order valence-corrected chi connectivity index (χ4v) is 3.53. The molecule has 0 unspecified atom stereocenters. The molecular formula is C19H17ClF3N7O. The fourth-order valence-electron chi connectivity index (χ4n) is 3.43. The Morgan fingerprint density at radius 1 is 1.26 bits per heavy atom. The average molecular weight is 452 g/mol. The summed E-state index contributed by atoms with van der Waals surface area (Å²) in [7, 11) is 0. The van der Waals surface area contributed by atoms with Gasteiger partial charge in [-0.05, 0) is 18.6 Å². The van der Waals surface area contributed by atoms with E-state index in [2.05, 4.69) is 25.5 Å². The average Bonchev–Trinajstić information content (AvgIpc) is 3.37. The van der Waals surface area contributed by atoms with Crippen molar-refractivity contribution in [2.24, 2.45) is 0 Å². The Bertz CT molecular complexity index is 1090. The molecule has 1 N–H and O–H groups in total. The molecule has 31 heavy (non-hydrogen) atoms. The van der Waals surface area contributed by atoms with E-state index in [0.29, 0.717) is 5.02 Å². The van der Waals surface area contributed by atoms with Crippen LogP contribution < -0.4 is 5.32 Å². The van der Waals surface area contributed by atoms with Crippen LogP contribution in [0.5, 0.6) is 0 Å². The topological polar surface area (TPSA) is 88.8 Å². The maximum absolute atomic E-state index is 14.9. The van der Waals surface area contributed by atoms with Gasteiger partial charge in [0.15, 0.2) is 5.82 Å². The van der Waals surface area contributed by atoms with E-state index in [-0.39, 0.29) is 35.9 Å². The van der Waals surface area contributed by atoms with Crippen molar-refractivity contribution in [3.8, 4) is 5.69 Å². The third kappa shape index (κ3) is 4.05. The van der Waals surface area contributed by atoms with Gasteiger partial charge in [0.25, 0.3) is 11.8 Å². The summed E-state index contributed by atoms with van der Waals surface area (Å²) < 4.78 is 44.1. The van der Waals surface area contributed by atoms with Crippen molar-refractivity contribution >= 4 is 23.5 Å². The van der Waals surface area contributed by atoms with Gasteiger partial charge >= 0.3 is 0 Å². The molecule has 0 spiro atoms. The molecule has 1 fully saturated rings. The highest BCUT2D eigenvalue weighted by atomic mass is 35.5. The minimum absolute atomic E-state index is 0.0994. The van der Waals surface area contributed by atoms with E-state index in [4.69, 9.17) is 11.6 Å². The summed E-state index contributed by atoms with van der Waals surface area (Å²) in [5, 5.41) is 10.8. The molecule has 162 valence electrons. The van der Waals surface area contributed by atoms with Gasteiger partial charge in [-0.2, -0.15) is 10.2 Å². The first-order valence-corrected chi connectivity index (χ1v) is 9.72. The Morgan fingerprint density at radius 2 is 1.94 bits per heavy atom. The molecule has 1 atom stereocenters. The van der Waals surface area contributed by atoms with Gasteiger partial charge in [-0.25, -0.2) is 23.1 Å². The number of halogens is 4. The second kappa shape index (κ2) is 8.14. The molecule has 3 aromatic rings. The minimum Gasteiger partial charge on any atom is -0.352 e. The molecule has 0 radical (unpaired) electrons. The van der Waals surface area contributed by atoms with Crippen LogP contribution >= 0.6 is 11.6 Å². The molecule has 1 saturated heterocycles. The lowest BCUT2D eigenvalue weighted by atomic mass is 10.1. The molecule has 2 aromatic heterocycles. The zero-order valence-corrected chi connectivity index (χ0v) is 17.0. The summed E-state index contributed by atoms with van der Waals surface area (Å²) in [5.41, 5.74) is -0.0172. The molecule has 12 heteroatoms.